The number of fused-ring (bicyclic) bond motifs is 3. The molecule has 2 aliphatic heterocycles. The SMILES string of the molecule is COC(=O)c1nc2ccccc2c2nc(C#N)c(-c3ccc(OC)cc3)c-2c1C(=O)OC. The van der Waals surface area contributed by atoms with Crippen molar-refractivity contribution in [3.63, 3.8) is 0 Å². The number of nitrogens with zero attached hydrogens (tertiary/aromatic N) is 3. The van der Waals surface area contributed by atoms with Gasteiger partial charge >= 0.3 is 11.9 Å². The van der Waals surface area contributed by atoms with Crippen molar-refractivity contribution in [3.05, 3.63) is 65.5 Å². The highest BCUT2D eigenvalue weighted by Crippen LogP contribution is 2.43. The minimum atomic E-state index is -0.812. The van der Waals surface area contributed by atoms with E-state index < -0.39 is 11.9 Å². The largest absolute Gasteiger partial charge is 0.497 e. The van der Waals surface area contributed by atoms with Gasteiger partial charge in [-0.25, -0.2) is 19.6 Å². The number of aromatic nitrogens is 2. The van der Waals surface area contributed by atoms with Gasteiger partial charge in [0.25, 0.3) is 0 Å². The van der Waals surface area contributed by atoms with Gasteiger partial charge in [0.15, 0.2) is 5.69 Å². The van der Waals surface area contributed by atoms with Gasteiger partial charge < -0.3 is 14.2 Å². The van der Waals surface area contributed by atoms with Crippen LogP contribution in [-0.4, -0.2) is 43.2 Å². The van der Waals surface area contributed by atoms with E-state index in [0.29, 0.717) is 33.5 Å². The average Bonchev–Trinajstić information content (AvgIpc) is 3.15. The van der Waals surface area contributed by atoms with Crippen LogP contribution >= 0.6 is 0 Å². The second-order valence-electron chi connectivity index (χ2n) is 6.74. The van der Waals surface area contributed by atoms with Crippen molar-refractivity contribution in [2.75, 3.05) is 21.3 Å². The van der Waals surface area contributed by atoms with Gasteiger partial charge in [-0.05, 0) is 23.8 Å². The molecule has 0 radical (unpaired) electrons. The van der Waals surface area contributed by atoms with E-state index in [1.165, 1.54) is 14.2 Å². The molecule has 0 aromatic heterocycles. The molecule has 8 nitrogen and oxygen atoms in total. The van der Waals surface area contributed by atoms with Crippen LogP contribution in [0.4, 0.5) is 0 Å². The number of para-hydroxylation sites is 1. The predicted molar refractivity (Wildman–Crippen MR) is 116 cm³/mol. The highest BCUT2D eigenvalue weighted by Gasteiger charge is 2.32. The third kappa shape index (κ3) is 3.26. The van der Waals surface area contributed by atoms with Crippen molar-refractivity contribution >= 4 is 22.8 Å². The highest BCUT2D eigenvalue weighted by molar-refractivity contribution is 6.13. The lowest BCUT2D eigenvalue weighted by molar-refractivity contribution is 0.0551. The Morgan fingerprint density at radius 3 is 2.19 bits per heavy atom. The number of carbonyl (C=O) groups excluding carboxylic acids is 2. The highest BCUT2D eigenvalue weighted by atomic mass is 16.5. The molecule has 0 bridgehead atoms. The maximum atomic E-state index is 13.0. The Labute approximate surface area is 183 Å². The summed E-state index contributed by atoms with van der Waals surface area (Å²) in [6.07, 6.45) is 0. The quantitative estimate of drug-likeness (QED) is 0.452. The third-order valence-electron chi connectivity index (χ3n) is 5.08. The maximum Gasteiger partial charge on any atom is 0.357 e. The lowest BCUT2D eigenvalue weighted by atomic mass is 9.94. The van der Waals surface area contributed by atoms with Gasteiger partial charge in [-0.3, -0.25) is 0 Å². The van der Waals surface area contributed by atoms with E-state index in [9.17, 15) is 14.9 Å². The van der Waals surface area contributed by atoms with Crippen LogP contribution < -0.4 is 4.74 Å². The maximum absolute atomic E-state index is 13.0. The molecule has 0 fully saturated rings. The molecule has 0 spiro atoms. The Kier molecular flexibility index (Phi) is 5.39. The fourth-order valence-electron chi connectivity index (χ4n) is 3.63. The van der Waals surface area contributed by atoms with Crippen molar-refractivity contribution in [1.29, 1.82) is 5.26 Å². The van der Waals surface area contributed by atoms with Crippen LogP contribution in [0.2, 0.25) is 0 Å². The number of benzene rings is 2. The van der Waals surface area contributed by atoms with Crippen LogP contribution in [0.1, 0.15) is 26.5 Å². The standard InChI is InChI=1S/C24H17N3O5/c1-30-14-10-8-13(9-11-14)18-17(12-25)27-21-15-6-4-5-7-16(15)26-22(24(29)32-3)20(19(18)21)23(28)31-2/h4-11H,1-3H3. The van der Waals surface area contributed by atoms with E-state index in [-0.39, 0.29) is 22.5 Å². The van der Waals surface area contributed by atoms with E-state index >= 15 is 0 Å². The minimum Gasteiger partial charge on any atom is -0.497 e. The molecule has 2 aromatic carbocycles. The number of hydrogen-bond donors (Lipinski definition) is 0. The molecular weight excluding hydrogens is 410 g/mol. The summed E-state index contributed by atoms with van der Waals surface area (Å²) in [6.45, 7) is 0. The Balaban J connectivity index is 2.25. The molecule has 2 aliphatic rings. The van der Waals surface area contributed by atoms with Crippen LogP contribution in [0.25, 0.3) is 33.3 Å². The molecule has 2 heterocycles. The first-order valence-electron chi connectivity index (χ1n) is 9.51. The molecule has 8 heteroatoms. The molecule has 0 saturated heterocycles. The Morgan fingerprint density at radius 1 is 0.875 bits per heavy atom. The van der Waals surface area contributed by atoms with Crippen molar-refractivity contribution < 1.29 is 23.8 Å². The van der Waals surface area contributed by atoms with Gasteiger partial charge in [0, 0.05) is 16.5 Å². The first kappa shape index (κ1) is 20.8. The fraction of sp³-hybridized carbons (Fsp3) is 0.125. The Bertz CT molecular complexity index is 1370. The molecule has 4 rings (SSSR count). The predicted octanol–water partition coefficient (Wildman–Crippen LogP) is 3.86. The number of rotatable bonds is 4. The van der Waals surface area contributed by atoms with E-state index in [1.807, 2.05) is 0 Å². The van der Waals surface area contributed by atoms with Crippen molar-refractivity contribution in [1.82, 2.24) is 9.97 Å². The first-order chi connectivity index (χ1) is 15.5. The number of ether oxygens (including phenoxy) is 3. The molecule has 158 valence electrons. The zero-order valence-corrected chi connectivity index (χ0v) is 17.5. The number of hydrogen-bond acceptors (Lipinski definition) is 8. The zero-order chi connectivity index (χ0) is 22.8. The normalized spacial score (nSPS) is 10.6. The smallest absolute Gasteiger partial charge is 0.357 e. The van der Waals surface area contributed by atoms with Crippen LogP contribution in [0.15, 0.2) is 48.5 Å². The Hall–Kier alpha value is -4.51. The number of esters is 2. The summed E-state index contributed by atoms with van der Waals surface area (Å²) in [5.41, 5.74) is 1.81. The number of carbonyl (C=O) groups is 2. The minimum absolute atomic E-state index is 0.0995. The van der Waals surface area contributed by atoms with E-state index in [2.05, 4.69) is 16.0 Å². The lowest BCUT2D eigenvalue weighted by Crippen LogP contribution is -2.13. The van der Waals surface area contributed by atoms with Crippen LogP contribution in [0.3, 0.4) is 0 Å². The van der Waals surface area contributed by atoms with Crippen molar-refractivity contribution in [2.45, 2.75) is 0 Å². The fourth-order valence-corrected chi connectivity index (χ4v) is 3.63. The molecule has 0 unspecified atom stereocenters. The van der Waals surface area contributed by atoms with Gasteiger partial charge in [-0.2, -0.15) is 5.26 Å². The molecule has 0 atom stereocenters. The monoisotopic (exact) mass is 427 g/mol. The van der Waals surface area contributed by atoms with Crippen LogP contribution in [0, 0.1) is 11.3 Å². The third-order valence-corrected chi connectivity index (χ3v) is 5.08. The average molecular weight is 427 g/mol. The molecule has 0 amide bonds. The molecule has 0 saturated carbocycles. The van der Waals surface area contributed by atoms with E-state index in [1.54, 1.807) is 55.6 Å². The van der Waals surface area contributed by atoms with Gasteiger partial charge in [-0.1, -0.05) is 30.3 Å². The lowest BCUT2D eigenvalue weighted by Gasteiger charge is -2.09. The molecule has 0 aliphatic carbocycles. The zero-order valence-electron chi connectivity index (χ0n) is 17.5. The second-order valence-corrected chi connectivity index (χ2v) is 6.74. The summed E-state index contributed by atoms with van der Waals surface area (Å²) in [7, 11) is 3.95. The molecule has 32 heavy (non-hydrogen) atoms. The molecular formula is C24H17N3O5. The van der Waals surface area contributed by atoms with Crippen LogP contribution in [0.5, 0.6) is 5.75 Å². The molecule has 0 N–H and O–H groups in total. The summed E-state index contributed by atoms with van der Waals surface area (Å²) < 4.78 is 15.1. The second kappa shape index (κ2) is 8.32. The first-order valence-corrected chi connectivity index (χ1v) is 9.51. The van der Waals surface area contributed by atoms with Crippen molar-refractivity contribution in [3.8, 4) is 34.2 Å². The van der Waals surface area contributed by atoms with E-state index in [4.69, 9.17) is 14.2 Å². The van der Waals surface area contributed by atoms with Gasteiger partial charge in [0.1, 0.15) is 23.1 Å². The van der Waals surface area contributed by atoms with Gasteiger partial charge in [-0.15, -0.1) is 0 Å². The molecule has 2 aromatic rings. The van der Waals surface area contributed by atoms with E-state index in [0.717, 1.165) is 0 Å². The summed E-state index contributed by atoms with van der Waals surface area (Å²) in [4.78, 5) is 34.6. The van der Waals surface area contributed by atoms with Crippen LogP contribution in [-0.2, 0) is 9.47 Å². The number of methoxy groups -OCH3 is 3. The summed E-state index contributed by atoms with van der Waals surface area (Å²) in [5, 5.41) is 10.4. The summed E-state index contributed by atoms with van der Waals surface area (Å²) >= 11 is 0. The Morgan fingerprint density at radius 2 is 1.56 bits per heavy atom. The number of nitriles is 1. The van der Waals surface area contributed by atoms with Crippen molar-refractivity contribution in [2.24, 2.45) is 0 Å². The summed E-state index contributed by atoms with van der Waals surface area (Å²) in [5.74, 6) is -0.986. The van der Waals surface area contributed by atoms with Gasteiger partial charge in [0.05, 0.1) is 32.5 Å². The topological polar surface area (TPSA) is 111 Å². The van der Waals surface area contributed by atoms with Gasteiger partial charge in [0.2, 0.25) is 0 Å². The summed E-state index contributed by atoms with van der Waals surface area (Å²) in [6, 6.07) is 16.0.